The number of rotatable bonds is 3. The van der Waals surface area contributed by atoms with Crippen LogP contribution >= 0.6 is 0 Å². The number of nitrogens with one attached hydrogen (secondary N) is 1. The molecule has 0 radical (unpaired) electrons. The van der Waals surface area contributed by atoms with Crippen LogP contribution in [-0.2, 0) is 16.1 Å². The van der Waals surface area contributed by atoms with Gasteiger partial charge in [-0.1, -0.05) is 0 Å². The Morgan fingerprint density at radius 1 is 1.38 bits per heavy atom. The Morgan fingerprint density at radius 2 is 2.10 bits per heavy atom. The third-order valence-electron chi connectivity index (χ3n) is 3.86. The standard InChI is InChI=1S/C13H17N3O5/c1-13(11(19)20)5-2-3-6-16(13)10(18)8-15-7-4-9(17)14-12(15)21/h4,7H,2-3,5-6,8H2,1H3,(H,19,20)(H,14,17,21). The number of aromatic amines is 1. The average molecular weight is 295 g/mol. The Kier molecular flexibility index (Phi) is 3.97. The van der Waals surface area contributed by atoms with Gasteiger partial charge in [-0.05, 0) is 26.2 Å². The van der Waals surface area contributed by atoms with Gasteiger partial charge >= 0.3 is 11.7 Å². The minimum atomic E-state index is -1.25. The van der Waals surface area contributed by atoms with Crippen molar-refractivity contribution < 1.29 is 14.7 Å². The molecule has 1 atom stereocenters. The lowest BCUT2D eigenvalue weighted by molar-refractivity contribution is -0.161. The minimum absolute atomic E-state index is 0.293. The first-order valence-corrected chi connectivity index (χ1v) is 6.68. The first-order valence-electron chi connectivity index (χ1n) is 6.68. The molecule has 1 fully saturated rings. The van der Waals surface area contributed by atoms with Crippen molar-refractivity contribution in [3.63, 3.8) is 0 Å². The molecule has 1 unspecified atom stereocenters. The maximum atomic E-state index is 12.3. The highest BCUT2D eigenvalue weighted by atomic mass is 16.4. The van der Waals surface area contributed by atoms with Gasteiger partial charge < -0.3 is 10.0 Å². The highest BCUT2D eigenvalue weighted by Crippen LogP contribution is 2.28. The molecule has 21 heavy (non-hydrogen) atoms. The van der Waals surface area contributed by atoms with Crippen LogP contribution in [0.5, 0.6) is 0 Å². The van der Waals surface area contributed by atoms with Crippen LogP contribution in [0.1, 0.15) is 26.2 Å². The summed E-state index contributed by atoms with van der Waals surface area (Å²) in [5.41, 5.74) is -2.48. The van der Waals surface area contributed by atoms with Gasteiger partial charge in [0.2, 0.25) is 5.91 Å². The second-order valence-corrected chi connectivity index (χ2v) is 5.32. The summed E-state index contributed by atoms with van der Waals surface area (Å²) in [7, 11) is 0. The van der Waals surface area contributed by atoms with Gasteiger partial charge in [0.05, 0.1) is 0 Å². The number of carbonyl (C=O) groups excluding carboxylic acids is 1. The van der Waals surface area contributed by atoms with E-state index in [9.17, 15) is 24.3 Å². The Balaban J connectivity index is 2.24. The third kappa shape index (κ3) is 2.88. The Hall–Kier alpha value is -2.38. The topological polar surface area (TPSA) is 112 Å². The summed E-state index contributed by atoms with van der Waals surface area (Å²) >= 11 is 0. The molecule has 0 bridgehead atoms. The van der Waals surface area contributed by atoms with E-state index >= 15 is 0 Å². The highest BCUT2D eigenvalue weighted by Gasteiger charge is 2.43. The molecule has 2 rings (SSSR count). The molecule has 1 saturated heterocycles. The van der Waals surface area contributed by atoms with Crippen molar-refractivity contribution in [3.05, 3.63) is 33.1 Å². The number of aromatic nitrogens is 2. The van der Waals surface area contributed by atoms with E-state index in [1.165, 1.54) is 18.0 Å². The molecule has 8 heteroatoms. The monoisotopic (exact) mass is 295 g/mol. The molecule has 2 N–H and O–H groups in total. The number of hydrogen-bond donors (Lipinski definition) is 2. The van der Waals surface area contributed by atoms with E-state index in [2.05, 4.69) is 4.98 Å². The zero-order valence-corrected chi connectivity index (χ0v) is 11.7. The second kappa shape index (κ2) is 5.55. The van der Waals surface area contributed by atoms with Crippen molar-refractivity contribution in [2.75, 3.05) is 6.54 Å². The SMILES string of the molecule is CC1(C(=O)O)CCCCN1C(=O)Cn1ccc(=O)[nH]c1=O. The van der Waals surface area contributed by atoms with E-state index in [0.717, 1.165) is 23.5 Å². The zero-order valence-electron chi connectivity index (χ0n) is 11.7. The summed E-state index contributed by atoms with van der Waals surface area (Å²) in [6.07, 6.45) is 3.08. The Morgan fingerprint density at radius 3 is 2.71 bits per heavy atom. The molecular formula is C13H17N3O5. The summed E-state index contributed by atoms with van der Waals surface area (Å²) in [6.45, 7) is 1.57. The lowest BCUT2D eigenvalue weighted by Gasteiger charge is -2.41. The van der Waals surface area contributed by atoms with Crippen LogP contribution in [0, 0.1) is 0 Å². The number of hydrogen-bond acceptors (Lipinski definition) is 4. The summed E-state index contributed by atoms with van der Waals surface area (Å²) in [6, 6.07) is 1.14. The average Bonchev–Trinajstić information content (AvgIpc) is 2.42. The number of piperidine rings is 1. The predicted molar refractivity (Wildman–Crippen MR) is 72.9 cm³/mol. The quantitative estimate of drug-likeness (QED) is 0.772. The summed E-state index contributed by atoms with van der Waals surface area (Å²) in [5, 5.41) is 9.36. The maximum absolute atomic E-state index is 12.3. The van der Waals surface area contributed by atoms with Crippen LogP contribution in [0.15, 0.2) is 21.9 Å². The summed E-state index contributed by atoms with van der Waals surface area (Å²) in [5.74, 6) is -1.50. The number of carboxylic acids is 1. The normalized spacial score (nSPS) is 22.0. The van der Waals surface area contributed by atoms with Gasteiger partial charge in [0, 0.05) is 18.8 Å². The van der Waals surface area contributed by atoms with E-state index in [0.29, 0.717) is 13.0 Å². The number of H-pyrrole nitrogens is 1. The molecule has 1 aromatic rings. The van der Waals surface area contributed by atoms with Gasteiger partial charge in [-0.2, -0.15) is 0 Å². The van der Waals surface area contributed by atoms with Crippen molar-refractivity contribution in [1.82, 2.24) is 14.5 Å². The molecular weight excluding hydrogens is 278 g/mol. The largest absolute Gasteiger partial charge is 0.480 e. The van der Waals surface area contributed by atoms with Crippen LogP contribution in [0.4, 0.5) is 0 Å². The van der Waals surface area contributed by atoms with E-state index in [1.54, 1.807) is 0 Å². The highest BCUT2D eigenvalue weighted by molar-refractivity contribution is 5.86. The number of carbonyl (C=O) groups is 2. The number of nitrogens with zero attached hydrogens (tertiary/aromatic N) is 2. The summed E-state index contributed by atoms with van der Waals surface area (Å²) < 4.78 is 1.06. The smallest absolute Gasteiger partial charge is 0.329 e. The van der Waals surface area contributed by atoms with Crippen LogP contribution in [0.3, 0.4) is 0 Å². The second-order valence-electron chi connectivity index (χ2n) is 5.32. The van der Waals surface area contributed by atoms with Crippen molar-refractivity contribution in [2.45, 2.75) is 38.3 Å². The van der Waals surface area contributed by atoms with Crippen LogP contribution in [-0.4, -0.2) is 43.5 Å². The van der Waals surface area contributed by atoms with Crippen LogP contribution in [0.2, 0.25) is 0 Å². The first-order chi connectivity index (χ1) is 9.84. The van der Waals surface area contributed by atoms with Gasteiger partial charge in [0.15, 0.2) is 0 Å². The van der Waals surface area contributed by atoms with Crippen LogP contribution < -0.4 is 11.2 Å². The zero-order chi connectivity index (χ0) is 15.6. The van der Waals surface area contributed by atoms with E-state index in [4.69, 9.17) is 0 Å². The molecule has 0 aliphatic carbocycles. The molecule has 0 saturated carbocycles. The molecule has 2 heterocycles. The Labute approximate surface area is 120 Å². The lowest BCUT2D eigenvalue weighted by atomic mass is 9.88. The maximum Gasteiger partial charge on any atom is 0.329 e. The van der Waals surface area contributed by atoms with E-state index in [1.807, 2.05) is 0 Å². The fraction of sp³-hybridized carbons (Fsp3) is 0.538. The van der Waals surface area contributed by atoms with Gasteiger partial charge in [-0.3, -0.25) is 19.1 Å². The number of aliphatic carboxylic acids is 1. The minimum Gasteiger partial charge on any atom is -0.480 e. The molecule has 0 aromatic carbocycles. The van der Waals surface area contributed by atoms with Gasteiger partial charge in [-0.15, -0.1) is 0 Å². The van der Waals surface area contributed by atoms with E-state index in [-0.39, 0.29) is 6.54 Å². The third-order valence-corrected chi connectivity index (χ3v) is 3.86. The van der Waals surface area contributed by atoms with Crippen molar-refractivity contribution >= 4 is 11.9 Å². The molecule has 1 aliphatic heterocycles. The van der Waals surface area contributed by atoms with Gasteiger partial charge in [0.1, 0.15) is 12.1 Å². The molecule has 1 amide bonds. The van der Waals surface area contributed by atoms with Crippen molar-refractivity contribution in [2.24, 2.45) is 0 Å². The van der Waals surface area contributed by atoms with Gasteiger partial charge in [-0.25, -0.2) is 9.59 Å². The fourth-order valence-corrected chi connectivity index (χ4v) is 2.54. The molecule has 0 spiro atoms. The Bertz CT molecular complexity index is 677. The number of amides is 1. The van der Waals surface area contributed by atoms with Crippen molar-refractivity contribution in [3.8, 4) is 0 Å². The lowest BCUT2D eigenvalue weighted by Crippen LogP contribution is -2.58. The number of carboxylic acid groups (broad SMARTS) is 1. The van der Waals surface area contributed by atoms with Crippen LogP contribution in [0.25, 0.3) is 0 Å². The predicted octanol–water partition coefficient (Wildman–Crippen LogP) is -0.608. The molecule has 114 valence electrons. The van der Waals surface area contributed by atoms with E-state index < -0.39 is 28.7 Å². The van der Waals surface area contributed by atoms with Gasteiger partial charge in [0.25, 0.3) is 5.56 Å². The van der Waals surface area contributed by atoms with Crippen molar-refractivity contribution in [1.29, 1.82) is 0 Å². The first kappa shape index (κ1) is 15.0. The summed E-state index contributed by atoms with van der Waals surface area (Å²) in [4.78, 5) is 49.7. The molecule has 1 aromatic heterocycles. The molecule has 1 aliphatic rings. The fourth-order valence-electron chi connectivity index (χ4n) is 2.54. The molecule has 8 nitrogen and oxygen atoms in total. The number of likely N-dealkylation sites (tertiary alicyclic amines) is 1.